The Hall–Kier alpha value is -2.28. The summed E-state index contributed by atoms with van der Waals surface area (Å²) in [7, 11) is 1.58. The molecule has 27 heavy (non-hydrogen) atoms. The first kappa shape index (κ1) is 21.0. The van der Waals surface area contributed by atoms with Gasteiger partial charge in [0.2, 0.25) is 5.91 Å². The lowest BCUT2D eigenvalue weighted by Crippen LogP contribution is -2.52. The number of amides is 2. The molecule has 0 saturated carbocycles. The molecule has 2 amide bonds. The standard InChI is InChI=1S/C20H31N3O4/c1-4-5-8-21-19(24)14-22-9-11-23(12-10-22)20(25)15-27-17-7-6-16(2)13-18(17)26-3/h6-7,13H,4-5,8-12,14-15H2,1-3H3,(H,21,24). The number of nitrogens with one attached hydrogen (secondary N) is 1. The Kier molecular flexibility index (Phi) is 8.39. The lowest BCUT2D eigenvalue weighted by Gasteiger charge is -2.34. The van der Waals surface area contributed by atoms with Gasteiger partial charge in [0, 0.05) is 32.7 Å². The first-order chi connectivity index (χ1) is 13.0. The molecule has 1 heterocycles. The number of unbranched alkanes of at least 4 members (excludes halogenated alkanes) is 1. The molecule has 7 heteroatoms. The van der Waals surface area contributed by atoms with E-state index in [9.17, 15) is 9.59 Å². The number of carbonyl (C=O) groups is 2. The number of piperazine rings is 1. The molecule has 2 rings (SSSR count). The van der Waals surface area contributed by atoms with Gasteiger partial charge in [-0.05, 0) is 31.0 Å². The Bertz CT molecular complexity index is 628. The van der Waals surface area contributed by atoms with Crippen molar-refractivity contribution in [2.24, 2.45) is 0 Å². The number of benzene rings is 1. The number of hydrogen-bond acceptors (Lipinski definition) is 5. The van der Waals surface area contributed by atoms with E-state index in [0.717, 1.165) is 24.9 Å². The van der Waals surface area contributed by atoms with Crippen molar-refractivity contribution in [2.75, 3.05) is 53.0 Å². The van der Waals surface area contributed by atoms with E-state index in [0.29, 0.717) is 44.2 Å². The third-order valence-corrected chi connectivity index (χ3v) is 4.61. The van der Waals surface area contributed by atoms with Crippen LogP contribution >= 0.6 is 0 Å². The minimum absolute atomic E-state index is 0.0169. The van der Waals surface area contributed by atoms with Crippen molar-refractivity contribution in [3.63, 3.8) is 0 Å². The van der Waals surface area contributed by atoms with Gasteiger partial charge in [0.25, 0.3) is 5.91 Å². The molecular formula is C20H31N3O4. The van der Waals surface area contributed by atoms with Gasteiger partial charge in [-0.15, -0.1) is 0 Å². The maximum absolute atomic E-state index is 12.4. The van der Waals surface area contributed by atoms with Crippen molar-refractivity contribution >= 4 is 11.8 Å². The second kappa shape index (κ2) is 10.8. The topological polar surface area (TPSA) is 71.1 Å². The van der Waals surface area contributed by atoms with E-state index in [2.05, 4.69) is 17.1 Å². The number of methoxy groups -OCH3 is 1. The van der Waals surface area contributed by atoms with Crippen LogP contribution in [0.3, 0.4) is 0 Å². The predicted molar refractivity (Wildman–Crippen MR) is 104 cm³/mol. The van der Waals surface area contributed by atoms with E-state index in [-0.39, 0.29) is 18.4 Å². The number of nitrogens with zero attached hydrogens (tertiary/aromatic N) is 2. The normalized spacial score (nSPS) is 14.7. The van der Waals surface area contributed by atoms with Crippen LogP contribution in [0.1, 0.15) is 25.3 Å². The molecule has 0 radical (unpaired) electrons. The van der Waals surface area contributed by atoms with E-state index >= 15 is 0 Å². The third-order valence-electron chi connectivity index (χ3n) is 4.61. The summed E-state index contributed by atoms with van der Waals surface area (Å²) < 4.78 is 10.9. The van der Waals surface area contributed by atoms with Gasteiger partial charge in [-0.2, -0.15) is 0 Å². The van der Waals surface area contributed by atoms with Crippen molar-refractivity contribution in [1.29, 1.82) is 0 Å². The van der Waals surface area contributed by atoms with Crippen LogP contribution in [0.2, 0.25) is 0 Å². The lowest BCUT2D eigenvalue weighted by molar-refractivity contribution is -0.135. The zero-order valence-corrected chi connectivity index (χ0v) is 16.6. The monoisotopic (exact) mass is 377 g/mol. The lowest BCUT2D eigenvalue weighted by atomic mass is 10.2. The second-order valence-electron chi connectivity index (χ2n) is 6.80. The molecule has 0 atom stereocenters. The van der Waals surface area contributed by atoms with E-state index in [4.69, 9.17) is 9.47 Å². The molecule has 0 spiro atoms. The molecule has 150 valence electrons. The minimum atomic E-state index is -0.0512. The summed E-state index contributed by atoms with van der Waals surface area (Å²) in [5, 5.41) is 2.93. The fraction of sp³-hybridized carbons (Fsp3) is 0.600. The van der Waals surface area contributed by atoms with Gasteiger partial charge >= 0.3 is 0 Å². The molecule has 1 aliphatic rings. The molecule has 0 aromatic heterocycles. The van der Waals surface area contributed by atoms with Crippen LogP contribution in [0.4, 0.5) is 0 Å². The zero-order valence-electron chi connectivity index (χ0n) is 16.6. The van der Waals surface area contributed by atoms with Crippen molar-refractivity contribution < 1.29 is 19.1 Å². The highest BCUT2D eigenvalue weighted by atomic mass is 16.5. The van der Waals surface area contributed by atoms with E-state index < -0.39 is 0 Å². The maximum Gasteiger partial charge on any atom is 0.260 e. The highest BCUT2D eigenvalue weighted by Gasteiger charge is 2.22. The second-order valence-corrected chi connectivity index (χ2v) is 6.80. The SMILES string of the molecule is CCCCNC(=O)CN1CCN(C(=O)COc2ccc(C)cc2OC)CC1. The van der Waals surface area contributed by atoms with E-state index in [1.165, 1.54) is 0 Å². The van der Waals surface area contributed by atoms with Gasteiger partial charge in [-0.3, -0.25) is 14.5 Å². The van der Waals surface area contributed by atoms with Crippen LogP contribution in [0.15, 0.2) is 18.2 Å². The molecule has 1 saturated heterocycles. The Morgan fingerprint density at radius 2 is 1.89 bits per heavy atom. The van der Waals surface area contributed by atoms with Crippen molar-refractivity contribution in [2.45, 2.75) is 26.7 Å². The van der Waals surface area contributed by atoms with Gasteiger partial charge in [0.05, 0.1) is 13.7 Å². The van der Waals surface area contributed by atoms with E-state index in [1.54, 1.807) is 12.0 Å². The zero-order chi connectivity index (χ0) is 19.6. The Morgan fingerprint density at radius 1 is 1.15 bits per heavy atom. The van der Waals surface area contributed by atoms with Gasteiger partial charge in [0.15, 0.2) is 18.1 Å². The van der Waals surface area contributed by atoms with Crippen LogP contribution in [0.25, 0.3) is 0 Å². The molecule has 1 aromatic rings. The fourth-order valence-electron chi connectivity index (χ4n) is 2.94. The minimum Gasteiger partial charge on any atom is -0.493 e. The highest BCUT2D eigenvalue weighted by Crippen LogP contribution is 2.27. The van der Waals surface area contributed by atoms with Gasteiger partial charge < -0.3 is 19.7 Å². The third kappa shape index (κ3) is 6.75. The number of carbonyl (C=O) groups excluding carboxylic acids is 2. The van der Waals surface area contributed by atoms with Crippen LogP contribution < -0.4 is 14.8 Å². The molecule has 1 aromatic carbocycles. The summed E-state index contributed by atoms with van der Waals surface area (Å²) in [6.07, 6.45) is 2.07. The molecule has 7 nitrogen and oxygen atoms in total. The summed E-state index contributed by atoms with van der Waals surface area (Å²) in [6.45, 7) is 7.78. The largest absolute Gasteiger partial charge is 0.493 e. The van der Waals surface area contributed by atoms with Crippen LogP contribution in [0.5, 0.6) is 11.5 Å². The summed E-state index contributed by atoms with van der Waals surface area (Å²) >= 11 is 0. The molecule has 0 unspecified atom stereocenters. The molecular weight excluding hydrogens is 346 g/mol. The van der Waals surface area contributed by atoms with Crippen LogP contribution in [0, 0.1) is 6.92 Å². The van der Waals surface area contributed by atoms with Gasteiger partial charge in [-0.1, -0.05) is 19.4 Å². The van der Waals surface area contributed by atoms with Crippen LogP contribution in [-0.4, -0.2) is 74.6 Å². The predicted octanol–water partition coefficient (Wildman–Crippen LogP) is 1.44. The fourth-order valence-corrected chi connectivity index (χ4v) is 2.94. The summed E-state index contributed by atoms with van der Waals surface area (Å²) in [5.41, 5.74) is 1.07. The maximum atomic E-state index is 12.4. The molecule has 0 bridgehead atoms. The number of aryl methyl sites for hydroxylation is 1. The highest BCUT2D eigenvalue weighted by molar-refractivity contribution is 5.79. The summed E-state index contributed by atoms with van der Waals surface area (Å²) in [6, 6.07) is 5.62. The van der Waals surface area contributed by atoms with Crippen LogP contribution in [-0.2, 0) is 9.59 Å². The van der Waals surface area contributed by atoms with Crippen molar-refractivity contribution in [3.8, 4) is 11.5 Å². The first-order valence-corrected chi connectivity index (χ1v) is 9.57. The van der Waals surface area contributed by atoms with Crippen molar-refractivity contribution in [3.05, 3.63) is 23.8 Å². The van der Waals surface area contributed by atoms with Gasteiger partial charge in [-0.25, -0.2) is 0 Å². The average molecular weight is 377 g/mol. The Labute approximate surface area is 161 Å². The Balaban J connectivity index is 1.73. The molecule has 1 aliphatic heterocycles. The number of rotatable bonds is 9. The quantitative estimate of drug-likeness (QED) is 0.660. The average Bonchev–Trinajstić information content (AvgIpc) is 2.67. The molecule has 1 N–H and O–H groups in total. The number of hydrogen-bond donors (Lipinski definition) is 1. The summed E-state index contributed by atoms with van der Waals surface area (Å²) in [4.78, 5) is 28.1. The first-order valence-electron chi connectivity index (χ1n) is 9.57. The van der Waals surface area contributed by atoms with Crippen molar-refractivity contribution in [1.82, 2.24) is 15.1 Å². The molecule has 1 fully saturated rings. The van der Waals surface area contributed by atoms with Gasteiger partial charge in [0.1, 0.15) is 0 Å². The summed E-state index contributed by atoms with van der Waals surface area (Å²) in [5.74, 6) is 1.20. The Morgan fingerprint density at radius 3 is 2.56 bits per heavy atom. The van der Waals surface area contributed by atoms with E-state index in [1.807, 2.05) is 25.1 Å². The smallest absolute Gasteiger partial charge is 0.260 e. The molecule has 0 aliphatic carbocycles. The number of ether oxygens (including phenoxy) is 2.